The van der Waals surface area contributed by atoms with Crippen molar-refractivity contribution in [1.29, 1.82) is 0 Å². The summed E-state index contributed by atoms with van der Waals surface area (Å²) in [5.41, 5.74) is 2.62. The van der Waals surface area contributed by atoms with E-state index < -0.39 is 0 Å². The van der Waals surface area contributed by atoms with Gasteiger partial charge in [0, 0.05) is 37.0 Å². The Morgan fingerprint density at radius 2 is 2.19 bits per heavy atom. The number of rotatable bonds is 7. The van der Waals surface area contributed by atoms with Gasteiger partial charge in [-0.25, -0.2) is 0 Å². The van der Waals surface area contributed by atoms with Crippen LogP contribution >= 0.6 is 0 Å². The molecule has 0 radical (unpaired) electrons. The highest BCUT2D eigenvalue weighted by atomic mass is 16.3. The summed E-state index contributed by atoms with van der Waals surface area (Å²) in [7, 11) is 0. The van der Waals surface area contributed by atoms with E-state index >= 15 is 0 Å². The van der Waals surface area contributed by atoms with Crippen LogP contribution in [0.4, 0.5) is 0 Å². The lowest BCUT2D eigenvalue weighted by atomic mass is 10.1. The summed E-state index contributed by atoms with van der Waals surface area (Å²) >= 11 is 0. The Bertz CT molecular complexity index is 567. The van der Waals surface area contributed by atoms with Gasteiger partial charge >= 0.3 is 0 Å². The standard InChI is InChI=1S/C16H21N3O2/c1-2-19(8-3-4-9-20)16(21)14-7-5-6-13(10-14)15-11-17-18-12-15/h5-7,10-12,20H,2-4,8-9H2,1H3,(H,17,18). The van der Waals surface area contributed by atoms with Crippen molar-refractivity contribution in [2.24, 2.45) is 0 Å². The molecule has 0 aliphatic rings. The second-order valence-electron chi connectivity index (χ2n) is 4.88. The first-order chi connectivity index (χ1) is 10.3. The molecular weight excluding hydrogens is 266 g/mol. The molecule has 5 nitrogen and oxygen atoms in total. The lowest BCUT2D eigenvalue weighted by Crippen LogP contribution is -2.31. The summed E-state index contributed by atoms with van der Waals surface area (Å²) in [6.07, 6.45) is 5.08. The molecule has 0 atom stereocenters. The highest BCUT2D eigenvalue weighted by Gasteiger charge is 2.14. The molecule has 21 heavy (non-hydrogen) atoms. The van der Waals surface area contributed by atoms with Crippen molar-refractivity contribution < 1.29 is 9.90 Å². The van der Waals surface area contributed by atoms with Gasteiger partial charge in [-0.3, -0.25) is 9.89 Å². The predicted octanol–water partition coefficient (Wildman–Crippen LogP) is 2.31. The van der Waals surface area contributed by atoms with Crippen LogP contribution in [0.5, 0.6) is 0 Å². The first kappa shape index (κ1) is 15.3. The maximum atomic E-state index is 12.5. The zero-order chi connectivity index (χ0) is 15.1. The van der Waals surface area contributed by atoms with E-state index in [-0.39, 0.29) is 12.5 Å². The predicted molar refractivity (Wildman–Crippen MR) is 81.9 cm³/mol. The summed E-state index contributed by atoms with van der Waals surface area (Å²) in [4.78, 5) is 14.3. The molecular formula is C16H21N3O2. The Morgan fingerprint density at radius 1 is 1.33 bits per heavy atom. The first-order valence-electron chi connectivity index (χ1n) is 7.25. The van der Waals surface area contributed by atoms with Crippen LogP contribution in [0.3, 0.4) is 0 Å². The highest BCUT2D eigenvalue weighted by Crippen LogP contribution is 2.19. The largest absolute Gasteiger partial charge is 0.396 e. The van der Waals surface area contributed by atoms with Gasteiger partial charge in [-0.15, -0.1) is 0 Å². The normalized spacial score (nSPS) is 10.6. The summed E-state index contributed by atoms with van der Waals surface area (Å²) < 4.78 is 0. The van der Waals surface area contributed by atoms with Gasteiger partial charge in [0.05, 0.1) is 6.20 Å². The Balaban J connectivity index is 2.12. The minimum Gasteiger partial charge on any atom is -0.396 e. The minimum absolute atomic E-state index is 0.0285. The van der Waals surface area contributed by atoms with Crippen molar-refractivity contribution in [3.8, 4) is 11.1 Å². The van der Waals surface area contributed by atoms with Crippen LogP contribution in [0, 0.1) is 0 Å². The molecule has 1 aromatic carbocycles. The fourth-order valence-corrected chi connectivity index (χ4v) is 2.24. The molecule has 1 aromatic heterocycles. The van der Waals surface area contributed by atoms with Gasteiger partial charge in [-0.2, -0.15) is 5.10 Å². The van der Waals surface area contributed by atoms with Gasteiger partial charge in [0.15, 0.2) is 0 Å². The number of H-pyrrole nitrogens is 1. The quantitative estimate of drug-likeness (QED) is 0.768. The fraction of sp³-hybridized carbons (Fsp3) is 0.375. The number of aromatic nitrogens is 2. The van der Waals surface area contributed by atoms with Crippen LogP contribution in [0.15, 0.2) is 36.7 Å². The SMILES string of the molecule is CCN(CCCCO)C(=O)c1cccc(-c2cn[nH]c2)c1. The Morgan fingerprint density at radius 3 is 2.86 bits per heavy atom. The van der Waals surface area contributed by atoms with Crippen molar-refractivity contribution in [1.82, 2.24) is 15.1 Å². The number of carbonyl (C=O) groups is 1. The molecule has 0 saturated carbocycles. The molecule has 0 fully saturated rings. The first-order valence-corrected chi connectivity index (χ1v) is 7.25. The van der Waals surface area contributed by atoms with Crippen molar-refractivity contribution in [3.63, 3.8) is 0 Å². The van der Waals surface area contributed by atoms with Crippen LogP contribution in [0.2, 0.25) is 0 Å². The molecule has 1 heterocycles. The molecule has 2 rings (SSSR count). The molecule has 0 bridgehead atoms. The molecule has 2 N–H and O–H groups in total. The fourth-order valence-electron chi connectivity index (χ4n) is 2.24. The Kier molecular flexibility index (Phi) is 5.51. The monoisotopic (exact) mass is 287 g/mol. The highest BCUT2D eigenvalue weighted by molar-refractivity contribution is 5.95. The van der Waals surface area contributed by atoms with E-state index in [4.69, 9.17) is 5.11 Å². The van der Waals surface area contributed by atoms with Gasteiger partial charge in [0.2, 0.25) is 0 Å². The van der Waals surface area contributed by atoms with Crippen molar-refractivity contribution >= 4 is 5.91 Å². The van der Waals surface area contributed by atoms with E-state index in [1.807, 2.05) is 42.3 Å². The average Bonchev–Trinajstić information content (AvgIpc) is 3.06. The Hall–Kier alpha value is -2.14. The molecule has 2 aromatic rings. The number of nitrogens with one attached hydrogen (secondary N) is 1. The molecule has 1 amide bonds. The van der Waals surface area contributed by atoms with Crippen molar-refractivity contribution in [2.75, 3.05) is 19.7 Å². The lowest BCUT2D eigenvalue weighted by molar-refractivity contribution is 0.0759. The third kappa shape index (κ3) is 3.92. The second-order valence-corrected chi connectivity index (χ2v) is 4.88. The maximum absolute atomic E-state index is 12.5. The van der Waals surface area contributed by atoms with Crippen LogP contribution < -0.4 is 0 Å². The number of benzene rings is 1. The number of amides is 1. The molecule has 0 aliphatic heterocycles. The topological polar surface area (TPSA) is 69.2 Å². The van der Waals surface area contributed by atoms with E-state index in [1.165, 1.54) is 0 Å². The zero-order valence-electron chi connectivity index (χ0n) is 12.2. The summed E-state index contributed by atoms with van der Waals surface area (Å²) in [5, 5.41) is 15.5. The number of aromatic amines is 1. The number of unbranched alkanes of at least 4 members (excludes halogenated alkanes) is 1. The van der Waals surface area contributed by atoms with E-state index in [0.717, 1.165) is 24.0 Å². The van der Waals surface area contributed by atoms with E-state index in [1.54, 1.807) is 6.20 Å². The van der Waals surface area contributed by atoms with E-state index in [9.17, 15) is 4.79 Å². The third-order valence-corrected chi connectivity index (χ3v) is 3.45. The summed E-state index contributed by atoms with van der Waals surface area (Å²) in [6.45, 7) is 3.48. The number of aliphatic hydroxyl groups is 1. The number of hydrogen-bond donors (Lipinski definition) is 2. The molecule has 0 unspecified atom stereocenters. The third-order valence-electron chi connectivity index (χ3n) is 3.45. The molecule has 0 aliphatic carbocycles. The van der Waals surface area contributed by atoms with Crippen LogP contribution in [0.25, 0.3) is 11.1 Å². The number of hydrogen-bond acceptors (Lipinski definition) is 3. The number of nitrogens with zero attached hydrogens (tertiary/aromatic N) is 2. The van der Waals surface area contributed by atoms with Gasteiger partial charge < -0.3 is 10.0 Å². The molecule has 0 saturated heterocycles. The van der Waals surface area contributed by atoms with Gasteiger partial charge in [0.25, 0.3) is 5.91 Å². The lowest BCUT2D eigenvalue weighted by Gasteiger charge is -2.21. The average molecular weight is 287 g/mol. The molecule has 112 valence electrons. The number of aliphatic hydroxyl groups excluding tert-OH is 1. The smallest absolute Gasteiger partial charge is 0.253 e. The Labute approximate surface area is 124 Å². The van der Waals surface area contributed by atoms with Gasteiger partial charge in [-0.05, 0) is 37.5 Å². The maximum Gasteiger partial charge on any atom is 0.253 e. The van der Waals surface area contributed by atoms with E-state index in [2.05, 4.69) is 10.2 Å². The van der Waals surface area contributed by atoms with Crippen molar-refractivity contribution in [3.05, 3.63) is 42.2 Å². The molecule has 5 heteroatoms. The van der Waals surface area contributed by atoms with Crippen LogP contribution in [-0.2, 0) is 0 Å². The minimum atomic E-state index is 0.0285. The summed E-state index contributed by atoms with van der Waals surface area (Å²) in [6, 6.07) is 7.57. The number of carbonyl (C=O) groups excluding carboxylic acids is 1. The van der Waals surface area contributed by atoms with E-state index in [0.29, 0.717) is 18.7 Å². The zero-order valence-corrected chi connectivity index (χ0v) is 12.2. The molecule has 0 spiro atoms. The van der Waals surface area contributed by atoms with Crippen molar-refractivity contribution in [2.45, 2.75) is 19.8 Å². The van der Waals surface area contributed by atoms with Gasteiger partial charge in [-0.1, -0.05) is 12.1 Å². The van der Waals surface area contributed by atoms with Gasteiger partial charge in [0.1, 0.15) is 0 Å². The van der Waals surface area contributed by atoms with Crippen LogP contribution in [-0.4, -0.2) is 45.8 Å². The second kappa shape index (κ2) is 7.59. The summed E-state index contributed by atoms with van der Waals surface area (Å²) in [5.74, 6) is 0.0285. The van der Waals surface area contributed by atoms with Crippen LogP contribution in [0.1, 0.15) is 30.1 Å².